The maximum Gasteiger partial charge on any atom is 0.119 e. The molecule has 0 spiro atoms. The Bertz CT molecular complexity index is 675. The van der Waals surface area contributed by atoms with Crippen molar-refractivity contribution in [3.05, 3.63) is 58.7 Å². The predicted octanol–water partition coefficient (Wildman–Crippen LogP) is 2.19. The van der Waals surface area contributed by atoms with Crippen LogP contribution in [0.3, 0.4) is 0 Å². The average Bonchev–Trinajstić information content (AvgIpc) is 2.72. The molecule has 0 saturated heterocycles. The van der Waals surface area contributed by atoms with Crippen molar-refractivity contribution in [2.45, 2.75) is 23.7 Å². The van der Waals surface area contributed by atoms with E-state index in [-0.39, 0.29) is 13.2 Å². The lowest BCUT2D eigenvalue weighted by Crippen LogP contribution is -2.07. The summed E-state index contributed by atoms with van der Waals surface area (Å²) >= 11 is 1.60. The zero-order chi connectivity index (χ0) is 19.8. The van der Waals surface area contributed by atoms with Gasteiger partial charge in [-0.25, -0.2) is 0 Å². The fraction of sp³-hybridized carbons (Fsp3) is 0.400. The summed E-state index contributed by atoms with van der Waals surface area (Å²) in [5.41, 5.74) is 3.07. The fourth-order valence-corrected chi connectivity index (χ4v) is 3.82. The Balaban J connectivity index is 2.14. The summed E-state index contributed by atoms with van der Waals surface area (Å²) in [4.78, 5) is 0. The highest BCUT2D eigenvalue weighted by atomic mass is 32.2. The normalized spacial score (nSPS) is 13.3. The molecule has 7 heteroatoms. The van der Waals surface area contributed by atoms with Crippen LogP contribution < -0.4 is 9.47 Å². The lowest BCUT2D eigenvalue weighted by atomic mass is 10.0. The van der Waals surface area contributed by atoms with Gasteiger partial charge in [-0.1, -0.05) is 12.1 Å². The van der Waals surface area contributed by atoms with Crippen LogP contribution in [0.5, 0.6) is 11.5 Å². The summed E-state index contributed by atoms with van der Waals surface area (Å²) in [5.74, 6) is 2.46. The van der Waals surface area contributed by atoms with Crippen molar-refractivity contribution in [1.82, 2.24) is 0 Å². The highest BCUT2D eigenvalue weighted by molar-refractivity contribution is 7.97. The molecule has 0 aromatic heterocycles. The molecule has 0 heterocycles. The minimum Gasteiger partial charge on any atom is -0.497 e. The van der Waals surface area contributed by atoms with Gasteiger partial charge in [-0.2, -0.15) is 11.8 Å². The Morgan fingerprint density at radius 1 is 0.778 bits per heavy atom. The van der Waals surface area contributed by atoms with E-state index in [4.69, 9.17) is 9.47 Å². The number of hydrogen-bond acceptors (Lipinski definition) is 7. The minimum atomic E-state index is -0.969. The molecule has 0 amide bonds. The van der Waals surface area contributed by atoms with Gasteiger partial charge >= 0.3 is 0 Å². The smallest absolute Gasteiger partial charge is 0.119 e. The van der Waals surface area contributed by atoms with E-state index in [1.165, 1.54) is 0 Å². The Morgan fingerprint density at radius 3 is 1.52 bits per heavy atom. The molecule has 0 fully saturated rings. The Kier molecular flexibility index (Phi) is 8.40. The second kappa shape index (κ2) is 10.5. The highest BCUT2D eigenvalue weighted by Gasteiger charge is 2.15. The third-order valence-electron chi connectivity index (χ3n) is 4.29. The molecule has 148 valence electrons. The maximum absolute atomic E-state index is 10.1. The summed E-state index contributed by atoms with van der Waals surface area (Å²) in [6, 6.07) is 10.8. The van der Waals surface area contributed by atoms with Gasteiger partial charge in [-0.3, -0.25) is 0 Å². The van der Waals surface area contributed by atoms with Crippen LogP contribution in [-0.4, -0.2) is 47.9 Å². The van der Waals surface area contributed by atoms with E-state index in [1.807, 2.05) is 24.3 Å². The zero-order valence-electron chi connectivity index (χ0n) is 15.5. The average molecular weight is 394 g/mol. The van der Waals surface area contributed by atoms with Crippen molar-refractivity contribution in [2.24, 2.45) is 0 Å². The van der Waals surface area contributed by atoms with Crippen molar-refractivity contribution >= 4 is 11.8 Å². The lowest BCUT2D eigenvalue weighted by molar-refractivity contribution is 0.0948. The van der Waals surface area contributed by atoms with Gasteiger partial charge in [-0.05, 0) is 46.5 Å². The van der Waals surface area contributed by atoms with E-state index < -0.39 is 12.2 Å². The van der Waals surface area contributed by atoms with Gasteiger partial charge in [-0.15, -0.1) is 0 Å². The first-order chi connectivity index (χ1) is 13.0. The molecule has 0 aliphatic rings. The van der Waals surface area contributed by atoms with E-state index in [9.17, 15) is 20.4 Å². The van der Waals surface area contributed by atoms with Crippen LogP contribution in [0.2, 0.25) is 0 Å². The van der Waals surface area contributed by atoms with E-state index in [0.717, 1.165) is 11.1 Å². The number of benzene rings is 2. The van der Waals surface area contributed by atoms with Gasteiger partial charge in [0.15, 0.2) is 0 Å². The van der Waals surface area contributed by atoms with Crippen LogP contribution in [0, 0.1) is 0 Å². The molecule has 2 unspecified atom stereocenters. The molecule has 0 radical (unpaired) electrons. The summed E-state index contributed by atoms with van der Waals surface area (Å²) in [6.07, 6.45) is -1.94. The van der Waals surface area contributed by atoms with Gasteiger partial charge in [0.2, 0.25) is 0 Å². The Hall–Kier alpha value is -1.77. The Labute approximate surface area is 163 Å². The lowest BCUT2D eigenvalue weighted by Gasteiger charge is -2.17. The number of thioether (sulfide) groups is 1. The van der Waals surface area contributed by atoms with Gasteiger partial charge in [0.05, 0.1) is 27.4 Å². The summed E-state index contributed by atoms with van der Waals surface area (Å²) < 4.78 is 10.4. The highest BCUT2D eigenvalue weighted by Crippen LogP contribution is 2.31. The van der Waals surface area contributed by atoms with E-state index >= 15 is 0 Å². The van der Waals surface area contributed by atoms with Gasteiger partial charge in [0, 0.05) is 11.5 Å². The van der Waals surface area contributed by atoms with Gasteiger partial charge in [0.1, 0.15) is 23.7 Å². The topological polar surface area (TPSA) is 99.4 Å². The molecular weight excluding hydrogens is 368 g/mol. The van der Waals surface area contributed by atoms with Crippen molar-refractivity contribution < 1.29 is 29.9 Å². The number of ether oxygens (including phenoxy) is 2. The van der Waals surface area contributed by atoms with E-state index in [0.29, 0.717) is 34.1 Å². The van der Waals surface area contributed by atoms with E-state index in [1.54, 1.807) is 38.1 Å². The SMILES string of the molecule is COc1ccc(CSCc2ccc(OC)cc2C(O)CO)c(C(O)CO)c1. The first-order valence-corrected chi connectivity index (χ1v) is 9.68. The minimum absolute atomic E-state index is 0.365. The first kappa shape index (κ1) is 21.5. The first-order valence-electron chi connectivity index (χ1n) is 8.53. The van der Waals surface area contributed by atoms with Crippen molar-refractivity contribution in [2.75, 3.05) is 27.4 Å². The van der Waals surface area contributed by atoms with Crippen LogP contribution in [0.15, 0.2) is 36.4 Å². The molecule has 0 aliphatic heterocycles. The molecule has 4 N–H and O–H groups in total. The number of hydrogen-bond donors (Lipinski definition) is 4. The standard InChI is InChI=1S/C20H26O6S/c1-25-15-5-3-13(17(7-15)19(23)9-21)11-27-12-14-4-6-16(26-2)8-18(14)20(24)10-22/h3-8,19-24H,9-12H2,1-2H3. The monoisotopic (exact) mass is 394 g/mol. The van der Waals surface area contributed by atoms with Crippen molar-refractivity contribution in [3.8, 4) is 11.5 Å². The molecule has 0 saturated carbocycles. The van der Waals surface area contributed by atoms with Crippen LogP contribution in [0.25, 0.3) is 0 Å². The molecule has 2 aromatic rings. The summed E-state index contributed by atoms with van der Waals surface area (Å²) in [7, 11) is 3.10. The summed E-state index contributed by atoms with van der Waals surface area (Å²) in [5, 5.41) is 38.7. The zero-order valence-corrected chi connectivity index (χ0v) is 16.3. The number of methoxy groups -OCH3 is 2. The molecular formula is C20H26O6S. The number of aliphatic hydroxyl groups excluding tert-OH is 4. The van der Waals surface area contributed by atoms with Crippen molar-refractivity contribution in [3.63, 3.8) is 0 Å². The van der Waals surface area contributed by atoms with Gasteiger partial charge in [0.25, 0.3) is 0 Å². The van der Waals surface area contributed by atoms with Crippen LogP contribution in [0.4, 0.5) is 0 Å². The number of rotatable bonds is 10. The largest absolute Gasteiger partial charge is 0.497 e. The van der Waals surface area contributed by atoms with Crippen LogP contribution in [0.1, 0.15) is 34.5 Å². The van der Waals surface area contributed by atoms with Crippen LogP contribution in [-0.2, 0) is 11.5 Å². The molecule has 2 aromatic carbocycles. The quantitative estimate of drug-likeness (QED) is 0.490. The molecule has 0 aliphatic carbocycles. The van der Waals surface area contributed by atoms with E-state index in [2.05, 4.69) is 0 Å². The third kappa shape index (κ3) is 5.60. The predicted molar refractivity (Wildman–Crippen MR) is 105 cm³/mol. The Morgan fingerprint density at radius 2 is 1.19 bits per heavy atom. The van der Waals surface area contributed by atoms with Gasteiger partial charge < -0.3 is 29.9 Å². The second-order valence-corrected chi connectivity index (χ2v) is 7.00. The molecule has 0 bridgehead atoms. The van der Waals surface area contributed by atoms with Crippen molar-refractivity contribution in [1.29, 1.82) is 0 Å². The molecule has 2 atom stereocenters. The molecule has 6 nitrogen and oxygen atoms in total. The fourth-order valence-electron chi connectivity index (χ4n) is 2.75. The second-order valence-electron chi connectivity index (χ2n) is 6.02. The third-order valence-corrected chi connectivity index (χ3v) is 5.32. The molecule has 27 heavy (non-hydrogen) atoms. The molecule has 2 rings (SSSR count). The number of aliphatic hydroxyl groups is 4. The summed E-state index contributed by atoms with van der Waals surface area (Å²) in [6.45, 7) is -0.730. The maximum atomic E-state index is 10.1. The van der Waals surface area contributed by atoms with Crippen LogP contribution >= 0.6 is 11.8 Å².